The molecule has 3 rings (SSSR count). The number of nitrogens with one attached hydrogen (secondary N) is 1. The fourth-order valence-corrected chi connectivity index (χ4v) is 3.46. The van der Waals surface area contributed by atoms with Crippen LogP contribution in [0.4, 0.5) is 0 Å². The van der Waals surface area contributed by atoms with E-state index >= 15 is 0 Å². The highest BCUT2D eigenvalue weighted by molar-refractivity contribution is 5.80. The number of aliphatic hydroxyl groups excluding tert-OH is 1. The Kier molecular flexibility index (Phi) is 6.26. The first-order valence-corrected chi connectivity index (χ1v) is 9.06. The number of fused-ring (bicyclic) bond motifs is 1. The Labute approximate surface area is 164 Å². The van der Waals surface area contributed by atoms with Gasteiger partial charge in [-0.05, 0) is 30.2 Å². The van der Waals surface area contributed by atoms with Crippen LogP contribution in [0.15, 0.2) is 36.4 Å². The van der Waals surface area contributed by atoms with Gasteiger partial charge in [0.05, 0.1) is 33.9 Å². The van der Waals surface area contributed by atoms with Crippen LogP contribution in [-0.4, -0.2) is 45.5 Å². The third kappa shape index (κ3) is 3.84. The summed E-state index contributed by atoms with van der Waals surface area (Å²) in [5.41, 5.74) is 1.71. The maximum Gasteiger partial charge on any atom is 0.227 e. The number of hydrogen-bond acceptors (Lipinski definition) is 6. The van der Waals surface area contributed by atoms with Gasteiger partial charge in [-0.1, -0.05) is 18.2 Å². The average Bonchev–Trinajstić information content (AvgIpc) is 2.75. The van der Waals surface area contributed by atoms with Crippen molar-refractivity contribution >= 4 is 5.91 Å². The topological polar surface area (TPSA) is 86.3 Å². The monoisotopic (exact) mass is 387 g/mol. The molecule has 7 nitrogen and oxygen atoms in total. The van der Waals surface area contributed by atoms with E-state index in [0.29, 0.717) is 23.7 Å². The van der Waals surface area contributed by atoms with Crippen molar-refractivity contribution < 1.29 is 28.8 Å². The molecule has 0 saturated heterocycles. The highest BCUT2D eigenvalue weighted by Gasteiger charge is 2.37. The van der Waals surface area contributed by atoms with Gasteiger partial charge in [0.1, 0.15) is 11.9 Å². The molecule has 2 unspecified atom stereocenters. The zero-order valence-electron chi connectivity index (χ0n) is 16.2. The van der Waals surface area contributed by atoms with Crippen LogP contribution >= 0.6 is 0 Å². The second-order valence-electron chi connectivity index (χ2n) is 6.43. The van der Waals surface area contributed by atoms with E-state index in [1.807, 2.05) is 24.3 Å². The van der Waals surface area contributed by atoms with Crippen LogP contribution in [0.2, 0.25) is 0 Å². The lowest BCUT2D eigenvalue weighted by molar-refractivity contribution is -0.128. The lowest BCUT2D eigenvalue weighted by Crippen LogP contribution is -2.40. The summed E-state index contributed by atoms with van der Waals surface area (Å²) in [6, 6.07) is 11.3. The third-order valence-corrected chi connectivity index (χ3v) is 4.80. The van der Waals surface area contributed by atoms with Gasteiger partial charge in [0.15, 0.2) is 11.5 Å². The molecule has 2 N–H and O–H groups in total. The summed E-state index contributed by atoms with van der Waals surface area (Å²) in [6.45, 7) is 0.0731. The highest BCUT2D eigenvalue weighted by atomic mass is 16.5. The first-order valence-electron chi connectivity index (χ1n) is 9.06. The summed E-state index contributed by atoms with van der Waals surface area (Å²) in [5.74, 6) is 1.56. The maximum atomic E-state index is 12.8. The van der Waals surface area contributed by atoms with Gasteiger partial charge in [0, 0.05) is 12.1 Å². The minimum Gasteiger partial charge on any atom is -0.493 e. The summed E-state index contributed by atoms with van der Waals surface area (Å²) >= 11 is 0. The normalized spacial score (nSPS) is 17.9. The van der Waals surface area contributed by atoms with E-state index in [1.165, 1.54) is 0 Å². The summed E-state index contributed by atoms with van der Waals surface area (Å²) in [5, 5.41) is 11.8. The SMILES string of the molecule is COc1cc(C2Oc3ccccc3CC2C(=O)NCCO)cc(OC)c1OC. The van der Waals surface area contributed by atoms with Crippen LogP contribution < -0.4 is 24.3 Å². The minimum atomic E-state index is -0.540. The standard InChI is InChI=1S/C21H25NO6/c1-25-17-11-14(12-18(26-2)20(17)27-3)19-15(21(24)22-8-9-23)10-13-6-4-5-7-16(13)28-19/h4-7,11-12,15,19,23H,8-10H2,1-3H3,(H,22,24). The van der Waals surface area contributed by atoms with Crippen LogP contribution in [0.1, 0.15) is 17.2 Å². The Morgan fingerprint density at radius 3 is 2.43 bits per heavy atom. The molecule has 0 saturated carbocycles. The third-order valence-electron chi connectivity index (χ3n) is 4.80. The Morgan fingerprint density at radius 1 is 1.14 bits per heavy atom. The van der Waals surface area contributed by atoms with Crippen molar-refractivity contribution in [3.63, 3.8) is 0 Å². The first kappa shape index (κ1) is 19.8. The van der Waals surface area contributed by atoms with Crippen molar-refractivity contribution in [2.75, 3.05) is 34.5 Å². The summed E-state index contributed by atoms with van der Waals surface area (Å²) in [4.78, 5) is 12.8. The van der Waals surface area contributed by atoms with Crippen LogP contribution in [0.5, 0.6) is 23.0 Å². The van der Waals surface area contributed by atoms with Crippen molar-refractivity contribution in [3.05, 3.63) is 47.5 Å². The van der Waals surface area contributed by atoms with E-state index in [0.717, 1.165) is 16.9 Å². The van der Waals surface area contributed by atoms with Gasteiger partial charge in [-0.15, -0.1) is 0 Å². The van der Waals surface area contributed by atoms with Gasteiger partial charge in [-0.3, -0.25) is 4.79 Å². The van der Waals surface area contributed by atoms with E-state index in [-0.39, 0.29) is 19.1 Å². The average molecular weight is 387 g/mol. The summed E-state index contributed by atoms with van der Waals surface area (Å²) in [6.07, 6.45) is -0.0170. The maximum absolute atomic E-state index is 12.8. The number of amides is 1. The Morgan fingerprint density at radius 2 is 1.82 bits per heavy atom. The molecule has 1 aliphatic rings. The molecule has 2 atom stereocenters. The van der Waals surface area contributed by atoms with E-state index in [2.05, 4.69) is 5.32 Å². The van der Waals surface area contributed by atoms with Crippen LogP contribution in [0.25, 0.3) is 0 Å². The number of ether oxygens (including phenoxy) is 4. The van der Waals surface area contributed by atoms with Gasteiger partial charge in [0.2, 0.25) is 11.7 Å². The number of methoxy groups -OCH3 is 3. The van der Waals surface area contributed by atoms with Crippen molar-refractivity contribution in [1.82, 2.24) is 5.32 Å². The smallest absolute Gasteiger partial charge is 0.227 e. The van der Waals surface area contributed by atoms with Gasteiger partial charge in [-0.2, -0.15) is 0 Å². The number of benzene rings is 2. The van der Waals surface area contributed by atoms with E-state index in [1.54, 1.807) is 33.5 Å². The van der Waals surface area contributed by atoms with Crippen molar-refractivity contribution in [1.29, 1.82) is 0 Å². The lowest BCUT2D eigenvalue weighted by Gasteiger charge is -2.33. The molecular weight excluding hydrogens is 362 g/mol. The molecule has 2 aromatic rings. The zero-order chi connectivity index (χ0) is 20.1. The molecule has 2 aromatic carbocycles. The first-order chi connectivity index (χ1) is 13.6. The number of carbonyl (C=O) groups excluding carboxylic acids is 1. The molecule has 1 amide bonds. The molecule has 0 fully saturated rings. The van der Waals surface area contributed by atoms with E-state index in [4.69, 9.17) is 24.1 Å². The predicted molar refractivity (Wildman–Crippen MR) is 103 cm³/mol. The largest absolute Gasteiger partial charge is 0.493 e. The quantitative estimate of drug-likeness (QED) is 0.757. The molecule has 0 radical (unpaired) electrons. The number of para-hydroxylation sites is 1. The molecular formula is C21H25NO6. The highest BCUT2D eigenvalue weighted by Crippen LogP contribution is 2.44. The van der Waals surface area contributed by atoms with Gasteiger partial charge in [0.25, 0.3) is 0 Å². The van der Waals surface area contributed by atoms with Crippen LogP contribution in [0.3, 0.4) is 0 Å². The number of carbonyl (C=O) groups is 1. The lowest BCUT2D eigenvalue weighted by atomic mass is 9.86. The molecule has 150 valence electrons. The fraction of sp³-hybridized carbons (Fsp3) is 0.381. The molecule has 0 aliphatic carbocycles. The molecule has 1 aliphatic heterocycles. The predicted octanol–water partition coefficient (Wildman–Crippen LogP) is 2.11. The fourth-order valence-electron chi connectivity index (χ4n) is 3.46. The molecule has 0 spiro atoms. The van der Waals surface area contributed by atoms with Crippen LogP contribution in [-0.2, 0) is 11.2 Å². The van der Waals surface area contributed by atoms with Gasteiger partial charge >= 0.3 is 0 Å². The Balaban J connectivity index is 2.04. The molecule has 0 aromatic heterocycles. The second-order valence-corrected chi connectivity index (χ2v) is 6.43. The summed E-state index contributed by atoms with van der Waals surface area (Å²) in [7, 11) is 4.63. The second kappa shape index (κ2) is 8.84. The number of hydrogen-bond donors (Lipinski definition) is 2. The zero-order valence-corrected chi connectivity index (χ0v) is 16.2. The minimum absolute atomic E-state index is 0.120. The Hall–Kier alpha value is -2.93. The number of aliphatic hydroxyl groups is 1. The molecule has 7 heteroatoms. The summed E-state index contributed by atoms with van der Waals surface area (Å²) < 4.78 is 22.5. The van der Waals surface area contributed by atoms with Crippen molar-refractivity contribution in [2.24, 2.45) is 5.92 Å². The van der Waals surface area contributed by atoms with Gasteiger partial charge < -0.3 is 29.4 Å². The van der Waals surface area contributed by atoms with Gasteiger partial charge in [-0.25, -0.2) is 0 Å². The Bertz CT molecular complexity index is 812. The van der Waals surface area contributed by atoms with Crippen LogP contribution in [0, 0.1) is 5.92 Å². The van der Waals surface area contributed by atoms with Crippen molar-refractivity contribution in [3.8, 4) is 23.0 Å². The van der Waals surface area contributed by atoms with E-state index < -0.39 is 12.0 Å². The molecule has 28 heavy (non-hydrogen) atoms. The van der Waals surface area contributed by atoms with Crippen molar-refractivity contribution in [2.45, 2.75) is 12.5 Å². The molecule has 1 heterocycles. The number of rotatable bonds is 7. The van der Waals surface area contributed by atoms with E-state index in [9.17, 15) is 4.79 Å². The molecule has 0 bridgehead atoms.